The molecule has 0 saturated heterocycles. The molecule has 88 valence electrons. The highest BCUT2D eigenvalue weighted by atomic mass is 19.4. The van der Waals surface area contributed by atoms with Crippen LogP contribution in [0.25, 0.3) is 11.3 Å². The normalized spacial score (nSPS) is 11.5. The summed E-state index contributed by atoms with van der Waals surface area (Å²) in [5.41, 5.74) is -0.257. The largest absolute Gasteiger partial charge is 0.506 e. The predicted octanol–water partition coefficient (Wildman–Crippen LogP) is 3.47. The lowest BCUT2D eigenvalue weighted by Crippen LogP contribution is -2.05. The summed E-state index contributed by atoms with van der Waals surface area (Å²) in [7, 11) is 0. The van der Waals surface area contributed by atoms with Crippen LogP contribution in [0.15, 0.2) is 42.6 Å². The lowest BCUT2D eigenvalue weighted by molar-refractivity contribution is -0.137. The van der Waals surface area contributed by atoms with Crippen molar-refractivity contribution in [3.05, 3.63) is 48.2 Å². The Balaban J connectivity index is 2.46. The third kappa shape index (κ3) is 2.38. The first-order valence-corrected chi connectivity index (χ1v) is 4.80. The van der Waals surface area contributed by atoms with Crippen LogP contribution in [0.5, 0.6) is 5.75 Å². The Hall–Kier alpha value is -2.04. The van der Waals surface area contributed by atoms with Crippen LogP contribution in [-0.2, 0) is 6.18 Å². The molecule has 1 N–H and O–H groups in total. The van der Waals surface area contributed by atoms with Gasteiger partial charge in [0.1, 0.15) is 11.4 Å². The molecule has 0 bridgehead atoms. The third-order valence-electron chi connectivity index (χ3n) is 2.24. The van der Waals surface area contributed by atoms with Crippen LogP contribution in [0.4, 0.5) is 13.2 Å². The van der Waals surface area contributed by atoms with Gasteiger partial charge in [-0.1, -0.05) is 30.3 Å². The fraction of sp³-hybridized carbons (Fsp3) is 0.0833. The highest BCUT2D eigenvalue weighted by molar-refractivity contribution is 5.65. The molecule has 5 heteroatoms. The molecule has 1 aromatic carbocycles. The smallest absolute Gasteiger partial charge is 0.418 e. The van der Waals surface area contributed by atoms with Gasteiger partial charge in [-0.3, -0.25) is 4.98 Å². The van der Waals surface area contributed by atoms with E-state index in [1.807, 2.05) is 0 Å². The van der Waals surface area contributed by atoms with E-state index >= 15 is 0 Å². The molecule has 0 amide bonds. The van der Waals surface area contributed by atoms with Crippen LogP contribution in [0.2, 0.25) is 0 Å². The minimum atomic E-state index is -4.50. The number of pyridine rings is 1. The molecular weight excluding hydrogens is 231 g/mol. The Morgan fingerprint density at radius 2 is 1.71 bits per heavy atom. The molecule has 1 heterocycles. The maximum absolute atomic E-state index is 12.4. The van der Waals surface area contributed by atoms with E-state index in [0.29, 0.717) is 17.8 Å². The van der Waals surface area contributed by atoms with E-state index in [9.17, 15) is 18.3 Å². The van der Waals surface area contributed by atoms with Gasteiger partial charge in [0.25, 0.3) is 0 Å². The number of nitrogens with zero attached hydrogens (tertiary/aromatic N) is 1. The van der Waals surface area contributed by atoms with Crippen molar-refractivity contribution in [3.8, 4) is 17.0 Å². The maximum atomic E-state index is 12.4. The fourth-order valence-electron chi connectivity index (χ4n) is 1.43. The van der Waals surface area contributed by atoms with Crippen molar-refractivity contribution in [3.63, 3.8) is 0 Å². The third-order valence-corrected chi connectivity index (χ3v) is 2.24. The van der Waals surface area contributed by atoms with Crippen molar-refractivity contribution in [1.29, 1.82) is 0 Å². The quantitative estimate of drug-likeness (QED) is 0.826. The minimum Gasteiger partial charge on any atom is -0.506 e. The first-order valence-electron chi connectivity index (χ1n) is 4.80. The Morgan fingerprint density at radius 3 is 2.24 bits per heavy atom. The van der Waals surface area contributed by atoms with Gasteiger partial charge < -0.3 is 5.11 Å². The summed E-state index contributed by atoms with van der Waals surface area (Å²) in [4.78, 5) is 3.64. The summed E-state index contributed by atoms with van der Waals surface area (Å²) >= 11 is 0. The summed E-state index contributed by atoms with van der Waals surface area (Å²) in [5, 5.41) is 9.55. The Labute approximate surface area is 95.4 Å². The van der Waals surface area contributed by atoms with E-state index in [4.69, 9.17) is 0 Å². The summed E-state index contributed by atoms with van der Waals surface area (Å²) < 4.78 is 37.1. The molecule has 2 nitrogen and oxygen atoms in total. The number of rotatable bonds is 1. The van der Waals surface area contributed by atoms with Gasteiger partial charge in [0, 0.05) is 11.8 Å². The molecule has 0 radical (unpaired) electrons. The van der Waals surface area contributed by atoms with Gasteiger partial charge in [0.2, 0.25) is 0 Å². The molecule has 1 aromatic heterocycles. The van der Waals surface area contributed by atoms with Crippen molar-refractivity contribution in [1.82, 2.24) is 4.98 Å². The number of hydrogen-bond donors (Lipinski definition) is 1. The highest BCUT2D eigenvalue weighted by Crippen LogP contribution is 2.34. The number of aromatic hydroxyl groups is 1. The second-order valence-electron chi connectivity index (χ2n) is 3.46. The predicted molar refractivity (Wildman–Crippen MR) is 56.3 cm³/mol. The SMILES string of the molecule is Oc1cc(C(F)(F)F)cnc1-c1ccccc1. The van der Waals surface area contributed by atoms with Crippen molar-refractivity contribution in [2.75, 3.05) is 0 Å². The van der Waals surface area contributed by atoms with Crippen LogP contribution < -0.4 is 0 Å². The standard InChI is InChI=1S/C12H8F3NO/c13-12(14,15)9-6-10(17)11(16-7-9)8-4-2-1-3-5-8/h1-7,17H. The average Bonchev–Trinajstić information content (AvgIpc) is 2.29. The van der Waals surface area contributed by atoms with Crippen molar-refractivity contribution in [2.45, 2.75) is 6.18 Å². The molecule has 2 rings (SSSR count). The number of halogens is 3. The van der Waals surface area contributed by atoms with Gasteiger partial charge in [-0.15, -0.1) is 0 Å². The van der Waals surface area contributed by atoms with Crippen LogP contribution in [0, 0.1) is 0 Å². The molecule has 0 aliphatic carbocycles. The first-order chi connectivity index (χ1) is 7.98. The van der Waals surface area contributed by atoms with E-state index in [1.54, 1.807) is 30.3 Å². The molecule has 2 aromatic rings. The van der Waals surface area contributed by atoms with E-state index in [0.717, 1.165) is 0 Å². The number of alkyl halides is 3. The molecule has 0 fully saturated rings. The highest BCUT2D eigenvalue weighted by Gasteiger charge is 2.31. The van der Waals surface area contributed by atoms with Crippen LogP contribution in [-0.4, -0.2) is 10.1 Å². The maximum Gasteiger partial charge on any atom is 0.418 e. The molecule has 0 atom stereocenters. The topological polar surface area (TPSA) is 33.1 Å². The number of aromatic nitrogens is 1. The number of hydrogen-bond acceptors (Lipinski definition) is 2. The molecule has 0 aliphatic heterocycles. The van der Waals surface area contributed by atoms with E-state index in [1.165, 1.54) is 0 Å². The van der Waals surface area contributed by atoms with Gasteiger partial charge in [-0.05, 0) is 6.07 Å². The van der Waals surface area contributed by atoms with E-state index in [-0.39, 0.29) is 5.69 Å². The van der Waals surface area contributed by atoms with Crippen LogP contribution >= 0.6 is 0 Å². The fourth-order valence-corrected chi connectivity index (χ4v) is 1.43. The monoisotopic (exact) mass is 239 g/mol. The molecule has 0 saturated carbocycles. The summed E-state index contributed by atoms with van der Waals surface area (Å²) in [6.07, 6.45) is -3.79. The van der Waals surface area contributed by atoms with Gasteiger partial charge in [0.15, 0.2) is 0 Å². The second-order valence-corrected chi connectivity index (χ2v) is 3.46. The Morgan fingerprint density at radius 1 is 1.06 bits per heavy atom. The van der Waals surface area contributed by atoms with Crippen molar-refractivity contribution >= 4 is 0 Å². The van der Waals surface area contributed by atoms with Gasteiger partial charge in [0.05, 0.1) is 5.56 Å². The first kappa shape index (κ1) is 11.4. The van der Waals surface area contributed by atoms with Crippen LogP contribution in [0.1, 0.15) is 5.56 Å². The zero-order valence-electron chi connectivity index (χ0n) is 8.57. The van der Waals surface area contributed by atoms with Gasteiger partial charge in [-0.25, -0.2) is 0 Å². The van der Waals surface area contributed by atoms with Crippen molar-refractivity contribution < 1.29 is 18.3 Å². The van der Waals surface area contributed by atoms with Gasteiger partial charge >= 0.3 is 6.18 Å². The summed E-state index contributed by atoms with van der Waals surface area (Å²) in [6.45, 7) is 0. The van der Waals surface area contributed by atoms with E-state index < -0.39 is 17.5 Å². The van der Waals surface area contributed by atoms with Crippen LogP contribution in [0.3, 0.4) is 0 Å². The molecule has 0 unspecified atom stereocenters. The van der Waals surface area contributed by atoms with Gasteiger partial charge in [-0.2, -0.15) is 13.2 Å². The molecule has 0 spiro atoms. The minimum absolute atomic E-state index is 0.138. The zero-order chi connectivity index (χ0) is 12.5. The van der Waals surface area contributed by atoms with E-state index in [2.05, 4.69) is 4.98 Å². The zero-order valence-corrected chi connectivity index (χ0v) is 8.57. The summed E-state index contributed by atoms with van der Waals surface area (Å²) in [5.74, 6) is -0.481. The Bertz CT molecular complexity index is 523. The van der Waals surface area contributed by atoms with Crippen molar-refractivity contribution in [2.24, 2.45) is 0 Å². The average molecular weight is 239 g/mol. The second kappa shape index (κ2) is 4.08. The lowest BCUT2D eigenvalue weighted by Gasteiger charge is -2.09. The Kier molecular flexibility index (Phi) is 2.75. The summed E-state index contributed by atoms with van der Waals surface area (Å²) in [6, 6.07) is 9.20. The lowest BCUT2D eigenvalue weighted by atomic mass is 10.1. The number of benzene rings is 1. The molecular formula is C12H8F3NO. The molecule has 17 heavy (non-hydrogen) atoms. The molecule has 0 aliphatic rings.